The van der Waals surface area contributed by atoms with Crippen LogP contribution in [0.3, 0.4) is 0 Å². The fraction of sp³-hybridized carbons (Fsp3) is 0.750. The van der Waals surface area contributed by atoms with Crippen LogP contribution in [0.15, 0.2) is 0 Å². The van der Waals surface area contributed by atoms with E-state index < -0.39 is 15.7 Å². The summed E-state index contributed by atoms with van der Waals surface area (Å²) in [5, 5.41) is 0. The molecule has 0 aliphatic carbocycles. The molecule has 0 radical (unpaired) electrons. The van der Waals surface area contributed by atoms with Crippen LogP contribution in [0, 0.1) is 0 Å². The molecule has 60 valence electrons. The molecule has 0 saturated carbocycles. The summed E-state index contributed by atoms with van der Waals surface area (Å²) in [6.45, 7) is 0. The molecular formula is C4H10N2O3S. The molecule has 0 aliphatic rings. The first-order chi connectivity index (χ1) is 4.45. The molecule has 0 aromatic carbocycles. The molecule has 6 heteroatoms. The summed E-state index contributed by atoms with van der Waals surface area (Å²) in [6.07, 6.45) is 0.992. The van der Waals surface area contributed by atoms with Crippen LogP contribution in [0.2, 0.25) is 0 Å². The van der Waals surface area contributed by atoms with Gasteiger partial charge in [-0.3, -0.25) is 10.2 Å². The lowest BCUT2D eigenvalue weighted by molar-refractivity contribution is -0.120. The Morgan fingerprint density at radius 3 is 2.40 bits per heavy atom. The third kappa shape index (κ3) is 5.52. The van der Waals surface area contributed by atoms with Gasteiger partial charge in [0.05, 0.1) is 5.75 Å². The summed E-state index contributed by atoms with van der Waals surface area (Å²) in [6, 6.07) is 0. The first-order valence-electron chi connectivity index (χ1n) is 2.63. The highest BCUT2D eigenvalue weighted by Crippen LogP contribution is 1.86. The Balaban J connectivity index is 3.67. The van der Waals surface area contributed by atoms with Crippen LogP contribution >= 0.6 is 0 Å². The second-order valence-corrected chi connectivity index (χ2v) is 4.21. The molecule has 0 aromatic heterocycles. The van der Waals surface area contributed by atoms with Crippen molar-refractivity contribution in [1.82, 2.24) is 5.43 Å². The molecule has 0 atom stereocenters. The minimum atomic E-state index is -3.05. The Kier molecular flexibility index (Phi) is 3.31. The van der Waals surface area contributed by atoms with Gasteiger partial charge in [0.2, 0.25) is 5.91 Å². The van der Waals surface area contributed by atoms with Gasteiger partial charge in [0.15, 0.2) is 0 Å². The first kappa shape index (κ1) is 9.38. The van der Waals surface area contributed by atoms with Gasteiger partial charge in [-0.15, -0.1) is 0 Å². The van der Waals surface area contributed by atoms with E-state index in [0.717, 1.165) is 6.26 Å². The van der Waals surface area contributed by atoms with Crippen molar-refractivity contribution in [3.8, 4) is 0 Å². The maximum Gasteiger partial charge on any atom is 0.234 e. The Bertz CT molecular complexity index is 209. The maximum atomic E-state index is 10.4. The third-order valence-corrected chi connectivity index (χ3v) is 1.81. The van der Waals surface area contributed by atoms with Crippen molar-refractivity contribution in [1.29, 1.82) is 0 Å². The highest BCUT2D eigenvalue weighted by molar-refractivity contribution is 7.90. The number of hydrogen-bond acceptors (Lipinski definition) is 4. The van der Waals surface area contributed by atoms with Crippen molar-refractivity contribution < 1.29 is 13.2 Å². The van der Waals surface area contributed by atoms with E-state index in [1.54, 1.807) is 0 Å². The molecule has 0 rings (SSSR count). The zero-order chi connectivity index (χ0) is 8.20. The zero-order valence-corrected chi connectivity index (χ0v) is 6.44. The van der Waals surface area contributed by atoms with E-state index in [0.29, 0.717) is 0 Å². The predicted molar refractivity (Wildman–Crippen MR) is 36.7 cm³/mol. The molecule has 0 aromatic rings. The lowest BCUT2D eigenvalue weighted by atomic mass is 10.5. The Morgan fingerprint density at radius 1 is 1.60 bits per heavy atom. The minimum absolute atomic E-state index is 0.0741. The van der Waals surface area contributed by atoms with Gasteiger partial charge in [-0.2, -0.15) is 0 Å². The lowest BCUT2D eigenvalue weighted by Gasteiger charge is -1.96. The van der Waals surface area contributed by atoms with Crippen molar-refractivity contribution in [2.45, 2.75) is 6.42 Å². The molecule has 10 heavy (non-hydrogen) atoms. The molecule has 3 N–H and O–H groups in total. The summed E-state index contributed by atoms with van der Waals surface area (Å²) >= 11 is 0. The van der Waals surface area contributed by atoms with Gasteiger partial charge in [-0.05, 0) is 0 Å². The molecule has 1 amide bonds. The van der Waals surface area contributed by atoms with Gasteiger partial charge in [-0.25, -0.2) is 14.3 Å². The zero-order valence-electron chi connectivity index (χ0n) is 5.62. The molecular weight excluding hydrogens is 156 g/mol. The molecule has 0 fully saturated rings. The van der Waals surface area contributed by atoms with Crippen molar-refractivity contribution in [3.63, 3.8) is 0 Å². The van der Waals surface area contributed by atoms with Crippen molar-refractivity contribution in [3.05, 3.63) is 0 Å². The number of amides is 1. The van der Waals surface area contributed by atoms with Gasteiger partial charge in [0.1, 0.15) is 9.84 Å². The van der Waals surface area contributed by atoms with E-state index in [2.05, 4.69) is 0 Å². The highest BCUT2D eigenvalue weighted by atomic mass is 32.2. The van der Waals surface area contributed by atoms with Crippen molar-refractivity contribution in [2.24, 2.45) is 5.84 Å². The number of hydrazine groups is 1. The Morgan fingerprint density at radius 2 is 2.10 bits per heavy atom. The predicted octanol–water partition coefficient (Wildman–Crippen LogP) is -1.59. The normalized spacial score (nSPS) is 11.0. The van der Waals surface area contributed by atoms with Crippen LogP contribution < -0.4 is 11.3 Å². The Labute approximate surface area is 59.5 Å². The number of rotatable bonds is 3. The van der Waals surface area contributed by atoms with E-state index in [9.17, 15) is 13.2 Å². The van der Waals surface area contributed by atoms with Gasteiger partial charge < -0.3 is 0 Å². The molecule has 0 aliphatic heterocycles. The molecule has 0 saturated heterocycles. The van der Waals surface area contributed by atoms with Crippen LogP contribution in [0.5, 0.6) is 0 Å². The molecule has 0 spiro atoms. The number of carbonyl (C=O) groups is 1. The van der Waals surface area contributed by atoms with E-state index in [1.807, 2.05) is 5.43 Å². The van der Waals surface area contributed by atoms with Gasteiger partial charge >= 0.3 is 0 Å². The summed E-state index contributed by atoms with van der Waals surface area (Å²) < 4.78 is 20.9. The van der Waals surface area contributed by atoms with Crippen molar-refractivity contribution >= 4 is 15.7 Å². The summed E-state index contributed by atoms with van der Waals surface area (Å²) in [5.41, 5.74) is 1.83. The number of nitrogens with two attached hydrogens (primary N) is 1. The van der Waals surface area contributed by atoms with E-state index in [4.69, 9.17) is 5.84 Å². The lowest BCUT2D eigenvalue weighted by Crippen LogP contribution is -2.31. The second kappa shape index (κ2) is 3.52. The maximum absolute atomic E-state index is 10.4. The average molecular weight is 166 g/mol. The Hall–Kier alpha value is -0.620. The quantitative estimate of drug-likeness (QED) is 0.300. The topological polar surface area (TPSA) is 89.3 Å². The fourth-order valence-corrected chi connectivity index (χ4v) is 0.906. The monoisotopic (exact) mass is 166 g/mol. The van der Waals surface area contributed by atoms with Gasteiger partial charge in [-0.1, -0.05) is 0 Å². The second-order valence-electron chi connectivity index (χ2n) is 1.95. The summed E-state index contributed by atoms with van der Waals surface area (Å²) in [5.74, 6) is 4.08. The van der Waals surface area contributed by atoms with Crippen LogP contribution in [0.25, 0.3) is 0 Å². The van der Waals surface area contributed by atoms with Crippen LogP contribution in [0.1, 0.15) is 6.42 Å². The average Bonchev–Trinajstić information content (AvgIpc) is 1.81. The highest BCUT2D eigenvalue weighted by Gasteiger charge is 2.05. The minimum Gasteiger partial charge on any atom is -0.294 e. The summed E-state index contributed by atoms with van der Waals surface area (Å²) in [4.78, 5) is 10.4. The van der Waals surface area contributed by atoms with Gasteiger partial charge in [0.25, 0.3) is 0 Å². The smallest absolute Gasteiger partial charge is 0.234 e. The number of hydrogen-bond donors (Lipinski definition) is 2. The SMILES string of the molecule is CS(=O)(=O)CCC(=O)NN. The van der Waals surface area contributed by atoms with E-state index in [1.165, 1.54) is 0 Å². The number of sulfone groups is 1. The standard InChI is InChI=1S/C4H10N2O3S/c1-10(8,9)3-2-4(7)6-5/h2-3,5H2,1H3,(H,6,7). The van der Waals surface area contributed by atoms with Gasteiger partial charge in [0, 0.05) is 12.7 Å². The third-order valence-electron chi connectivity index (χ3n) is 0.861. The molecule has 0 unspecified atom stereocenters. The van der Waals surface area contributed by atoms with Crippen molar-refractivity contribution in [2.75, 3.05) is 12.0 Å². The number of nitrogens with one attached hydrogen (secondary N) is 1. The molecule has 0 heterocycles. The molecule has 5 nitrogen and oxygen atoms in total. The van der Waals surface area contributed by atoms with Crippen LogP contribution in [0.4, 0.5) is 0 Å². The van der Waals surface area contributed by atoms with E-state index >= 15 is 0 Å². The van der Waals surface area contributed by atoms with Crippen LogP contribution in [-0.2, 0) is 14.6 Å². The van der Waals surface area contributed by atoms with Crippen LogP contribution in [-0.4, -0.2) is 26.3 Å². The largest absolute Gasteiger partial charge is 0.294 e. The fourth-order valence-electron chi connectivity index (χ4n) is 0.350. The summed E-state index contributed by atoms with van der Waals surface area (Å²) in [7, 11) is -3.05. The number of carbonyl (C=O) groups excluding carboxylic acids is 1. The first-order valence-corrected chi connectivity index (χ1v) is 4.69. The molecule has 0 bridgehead atoms. The van der Waals surface area contributed by atoms with E-state index in [-0.39, 0.29) is 12.2 Å².